The lowest BCUT2D eigenvalue weighted by molar-refractivity contribution is 0.0178. The van der Waals surface area contributed by atoms with Gasteiger partial charge >= 0.3 is 0 Å². The molecular formula is C14H16ClNO4. The van der Waals surface area contributed by atoms with E-state index in [1.54, 1.807) is 18.2 Å². The van der Waals surface area contributed by atoms with Crippen molar-refractivity contribution >= 4 is 17.5 Å². The van der Waals surface area contributed by atoms with Crippen LogP contribution in [0.25, 0.3) is 0 Å². The van der Waals surface area contributed by atoms with Crippen LogP contribution < -0.4 is 5.32 Å². The van der Waals surface area contributed by atoms with E-state index in [0.717, 1.165) is 5.56 Å². The first-order valence-corrected chi connectivity index (χ1v) is 6.92. The van der Waals surface area contributed by atoms with Gasteiger partial charge in [-0.2, -0.15) is 0 Å². The number of ether oxygens (including phenoxy) is 2. The Hall–Kier alpha value is -1.14. The molecule has 2 N–H and O–H groups in total. The molecule has 4 atom stereocenters. The average molecular weight is 298 g/mol. The number of hydrogen-bond donors (Lipinski definition) is 2. The lowest BCUT2D eigenvalue weighted by Crippen LogP contribution is -2.44. The number of nitrogens with one attached hydrogen (secondary N) is 1. The Bertz CT molecular complexity index is 536. The summed E-state index contributed by atoms with van der Waals surface area (Å²) in [7, 11) is 0. The van der Waals surface area contributed by atoms with Gasteiger partial charge in [0.25, 0.3) is 5.91 Å². The highest BCUT2D eigenvalue weighted by Gasteiger charge is 2.47. The SMILES string of the molecule is Cc1cc(C(=O)N[C@@H]2CO[C@H]3[C@@H]2OC[C@H]3O)ccc1Cl. The second kappa shape index (κ2) is 5.33. The quantitative estimate of drug-likeness (QED) is 0.851. The molecule has 0 aliphatic carbocycles. The van der Waals surface area contributed by atoms with Crippen LogP contribution >= 0.6 is 11.6 Å². The van der Waals surface area contributed by atoms with Gasteiger partial charge in [-0.1, -0.05) is 11.6 Å². The third-order valence-electron chi connectivity index (χ3n) is 3.76. The molecule has 3 rings (SSSR count). The van der Waals surface area contributed by atoms with E-state index in [1.807, 2.05) is 6.92 Å². The van der Waals surface area contributed by atoms with Crippen LogP contribution in [0, 0.1) is 6.92 Å². The minimum absolute atomic E-state index is 0.191. The van der Waals surface area contributed by atoms with Gasteiger partial charge in [0.05, 0.1) is 19.3 Å². The molecule has 2 saturated heterocycles. The molecule has 0 saturated carbocycles. The Balaban J connectivity index is 1.69. The summed E-state index contributed by atoms with van der Waals surface area (Å²) >= 11 is 5.95. The van der Waals surface area contributed by atoms with E-state index in [4.69, 9.17) is 21.1 Å². The number of aliphatic hydroxyl groups is 1. The zero-order valence-electron chi connectivity index (χ0n) is 11.0. The smallest absolute Gasteiger partial charge is 0.251 e. The van der Waals surface area contributed by atoms with Crippen molar-refractivity contribution in [1.29, 1.82) is 0 Å². The van der Waals surface area contributed by atoms with Crippen LogP contribution in [0.15, 0.2) is 18.2 Å². The Morgan fingerprint density at radius 3 is 2.85 bits per heavy atom. The predicted molar refractivity (Wildman–Crippen MR) is 72.9 cm³/mol. The topological polar surface area (TPSA) is 67.8 Å². The van der Waals surface area contributed by atoms with Crippen molar-refractivity contribution in [2.75, 3.05) is 13.2 Å². The van der Waals surface area contributed by atoms with Crippen LogP contribution in [0.2, 0.25) is 5.02 Å². The molecule has 0 radical (unpaired) electrons. The number of amides is 1. The number of aryl methyl sites for hydroxylation is 1. The molecule has 6 heteroatoms. The van der Waals surface area contributed by atoms with Crippen LogP contribution in [0.4, 0.5) is 0 Å². The summed E-state index contributed by atoms with van der Waals surface area (Å²) in [5.41, 5.74) is 1.40. The van der Waals surface area contributed by atoms with Crippen LogP contribution in [-0.2, 0) is 9.47 Å². The summed E-state index contributed by atoms with van der Waals surface area (Å²) in [6, 6.07) is 4.90. The number of aliphatic hydroxyl groups excluding tert-OH is 1. The van der Waals surface area contributed by atoms with E-state index in [2.05, 4.69) is 5.32 Å². The molecule has 20 heavy (non-hydrogen) atoms. The van der Waals surface area contributed by atoms with Gasteiger partial charge < -0.3 is 19.9 Å². The molecular weight excluding hydrogens is 282 g/mol. The van der Waals surface area contributed by atoms with E-state index in [0.29, 0.717) is 17.2 Å². The van der Waals surface area contributed by atoms with Gasteiger partial charge in [-0.3, -0.25) is 4.79 Å². The number of halogens is 1. The first kappa shape index (κ1) is 13.8. The molecule has 1 amide bonds. The summed E-state index contributed by atoms with van der Waals surface area (Å²) in [5, 5.41) is 13.2. The molecule has 1 aromatic carbocycles. The molecule has 2 fully saturated rings. The fourth-order valence-electron chi connectivity index (χ4n) is 2.64. The predicted octanol–water partition coefficient (Wildman–Crippen LogP) is 0.905. The molecule has 5 nitrogen and oxygen atoms in total. The van der Waals surface area contributed by atoms with E-state index in [-0.39, 0.29) is 30.8 Å². The second-order valence-corrected chi connectivity index (χ2v) is 5.61. The van der Waals surface area contributed by atoms with Crippen LogP contribution in [0.3, 0.4) is 0 Å². The van der Waals surface area contributed by atoms with E-state index < -0.39 is 6.10 Å². The van der Waals surface area contributed by atoms with E-state index in [9.17, 15) is 9.90 Å². The monoisotopic (exact) mass is 297 g/mol. The third-order valence-corrected chi connectivity index (χ3v) is 4.19. The van der Waals surface area contributed by atoms with Gasteiger partial charge in [0.1, 0.15) is 18.3 Å². The van der Waals surface area contributed by atoms with Gasteiger partial charge in [-0.15, -0.1) is 0 Å². The van der Waals surface area contributed by atoms with Crippen LogP contribution in [-0.4, -0.2) is 48.6 Å². The van der Waals surface area contributed by atoms with Crippen molar-refractivity contribution in [3.63, 3.8) is 0 Å². The standard InChI is InChI=1S/C14H16ClNO4/c1-7-4-8(2-3-9(7)15)14(18)16-10-5-19-13-11(17)6-20-12(10)13/h2-4,10-13,17H,5-6H2,1H3,(H,16,18)/t10-,11-,12-,13-/m1/s1. The number of hydrogen-bond acceptors (Lipinski definition) is 4. The molecule has 0 unspecified atom stereocenters. The van der Waals surface area contributed by atoms with Gasteiger partial charge in [-0.05, 0) is 30.7 Å². The summed E-state index contributed by atoms with van der Waals surface area (Å²) in [5.74, 6) is -0.191. The first-order valence-electron chi connectivity index (χ1n) is 6.54. The van der Waals surface area contributed by atoms with Crippen molar-refractivity contribution < 1.29 is 19.4 Å². The normalized spacial score (nSPS) is 32.1. The zero-order chi connectivity index (χ0) is 14.3. The minimum atomic E-state index is -0.611. The highest BCUT2D eigenvalue weighted by molar-refractivity contribution is 6.31. The minimum Gasteiger partial charge on any atom is -0.388 e. The zero-order valence-corrected chi connectivity index (χ0v) is 11.8. The molecule has 2 heterocycles. The molecule has 108 valence electrons. The number of fused-ring (bicyclic) bond motifs is 1. The maximum absolute atomic E-state index is 12.2. The Morgan fingerprint density at radius 1 is 1.35 bits per heavy atom. The Kier molecular flexibility index (Phi) is 3.69. The van der Waals surface area contributed by atoms with Gasteiger partial charge in [0.2, 0.25) is 0 Å². The first-order chi connectivity index (χ1) is 9.56. The summed E-state index contributed by atoms with van der Waals surface area (Å²) in [6.07, 6.45) is -1.23. The summed E-state index contributed by atoms with van der Waals surface area (Å²) < 4.78 is 10.9. The van der Waals surface area contributed by atoms with Crippen molar-refractivity contribution in [2.24, 2.45) is 0 Å². The number of rotatable bonds is 2. The molecule has 2 aliphatic heterocycles. The fourth-order valence-corrected chi connectivity index (χ4v) is 2.76. The van der Waals surface area contributed by atoms with Gasteiger partial charge in [0, 0.05) is 10.6 Å². The van der Waals surface area contributed by atoms with Crippen molar-refractivity contribution in [3.8, 4) is 0 Å². The summed E-state index contributed by atoms with van der Waals surface area (Å²) in [4.78, 5) is 12.2. The van der Waals surface area contributed by atoms with E-state index in [1.165, 1.54) is 0 Å². The average Bonchev–Trinajstić information content (AvgIpc) is 2.97. The molecule has 0 aromatic heterocycles. The van der Waals surface area contributed by atoms with Crippen molar-refractivity contribution in [1.82, 2.24) is 5.32 Å². The highest BCUT2D eigenvalue weighted by Crippen LogP contribution is 2.27. The van der Waals surface area contributed by atoms with Gasteiger partial charge in [0.15, 0.2) is 0 Å². The maximum Gasteiger partial charge on any atom is 0.251 e. The van der Waals surface area contributed by atoms with E-state index >= 15 is 0 Å². The summed E-state index contributed by atoms with van der Waals surface area (Å²) in [6.45, 7) is 2.46. The van der Waals surface area contributed by atoms with Crippen LogP contribution in [0.1, 0.15) is 15.9 Å². The Labute approximate surface area is 121 Å². The largest absolute Gasteiger partial charge is 0.388 e. The second-order valence-electron chi connectivity index (χ2n) is 5.21. The number of benzene rings is 1. The third kappa shape index (κ3) is 2.42. The lowest BCUT2D eigenvalue weighted by Gasteiger charge is -2.17. The maximum atomic E-state index is 12.2. The lowest BCUT2D eigenvalue weighted by atomic mass is 10.1. The Morgan fingerprint density at radius 2 is 2.10 bits per heavy atom. The van der Waals surface area contributed by atoms with Crippen LogP contribution in [0.5, 0.6) is 0 Å². The van der Waals surface area contributed by atoms with Crippen molar-refractivity contribution in [2.45, 2.75) is 31.3 Å². The molecule has 0 bridgehead atoms. The number of carbonyl (C=O) groups is 1. The molecule has 2 aliphatic rings. The highest BCUT2D eigenvalue weighted by atomic mass is 35.5. The fraction of sp³-hybridized carbons (Fsp3) is 0.500. The van der Waals surface area contributed by atoms with Crippen molar-refractivity contribution in [3.05, 3.63) is 34.3 Å². The number of carbonyl (C=O) groups excluding carboxylic acids is 1. The molecule has 0 spiro atoms. The molecule has 1 aromatic rings. The van der Waals surface area contributed by atoms with Gasteiger partial charge in [-0.25, -0.2) is 0 Å².